The van der Waals surface area contributed by atoms with Crippen LogP contribution in [-0.4, -0.2) is 29.9 Å². The van der Waals surface area contributed by atoms with Crippen LogP contribution < -0.4 is 10.0 Å². The van der Waals surface area contributed by atoms with Gasteiger partial charge in [0.2, 0.25) is 10.0 Å². The van der Waals surface area contributed by atoms with E-state index >= 15 is 0 Å². The Morgan fingerprint density at radius 3 is 2.62 bits per heavy atom. The van der Waals surface area contributed by atoms with E-state index < -0.39 is 10.0 Å². The quantitative estimate of drug-likeness (QED) is 0.740. The second-order valence-electron chi connectivity index (χ2n) is 6.50. The number of aryl methyl sites for hydroxylation is 1. The molecule has 1 amide bonds. The van der Waals surface area contributed by atoms with E-state index in [-0.39, 0.29) is 11.7 Å². The Hall–Kier alpha value is -2.35. The fourth-order valence-corrected chi connectivity index (χ4v) is 3.98. The number of aromatic nitrogens is 2. The molecule has 1 heterocycles. The molecule has 0 aliphatic heterocycles. The van der Waals surface area contributed by atoms with Crippen LogP contribution in [0.2, 0.25) is 0 Å². The third-order valence-electron chi connectivity index (χ3n) is 4.21. The van der Waals surface area contributed by atoms with E-state index in [4.69, 9.17) is 0 Å². The molecular weight excluding hydrogens is 352 g/mol. The Balaban J connectivity index is 1.72. The number of hydrogen-bond acceptors (Lipinski definition) is 4. The van der Waals surface area contributed by atoms with E-state index in [0.717, 1.165) is 25.1 Å². The molecule has 0 bridgehead atoms. The highest BCUT2D eigenvalue weighted by molar-refractivity contribution is 7.92. The number of benzene rings is 1. The summed E-state index contributed by atoms with van der Waals surface area (Å²) in [6.07, 6.45) is 2.83. The predicted molar refractivity (Wildman–Crippen MR) is 102 cm³/mol. The first-order valence-corrected chi connectivity index (χ1v) is 10.6. The van der Waals surface area contributed by atoms with Crippen molar-refractivity contribution in [2.24, 2.45) is 0 Å². The van der Waals surface area contributed by atoms with Gasteiger partial charge in [-0.05, 0) is 50.5 Å². The summed E-state index contributed by atoms with van der Waals surface area (Å²) in [6, 6.07) is 8.52. The molecule has 0 spiro atoms. The van der Waals surface area contributed by atoms with Gasteiger partial charge in [-0.2, -0.15) is 5.10 Å². The second kappa shape index (κ2) is 7.49. The Labute approximate surface area is 153 Å². The smallest absolute Gasteiger partial charge is 0.276 e. The number of rotatable bonds is 8. The van der Waals surface area contributed by atoms with Crippen LogP contribution in [0.15, 0.2) is 30.3 Å². The fourth-order valence-electron chi connectivity index (χ4n) is 2.86. The Morgan fingerprint density at radius 2 is 1.96 bits per heavy atom. The molecule has 1 saturated carbocycles. The minimum absolute atomic E-state index is 0.0575. The van der Waals surface area contributed by atoms with Gasteiger partial charge in [-0.3, -0.25) is 14.2 Å². The zero-order valence-corrected chi connectivity index (χ0v) is 15.8. The maximum atomic E-state index is 12.5. The molecule has 0 atom stereocenters. The lowest BCUT2D eigenvalue weighted by molar-refractivity contribution is 0.102. The topological polar surface area (TPSA) is 93.1 Å². The van der Waals surface area contributed by atoms with Gasteiger partial charge in [0.05, 0.1) is 11.4 Å². The van der Waals surface area contributed by atoms with Gasteiger partial charge >= 0.3 is 0 Å². The van der Waals surface area contributed by atoms with Crippen LogP contribution in [0.25, 0.3) is 0 Å². The zero-order valence-electron chi connectivity index (χ0n) is 15.0. The summed E-state index contributed by atoms with van der Waals surface area (Å²) >= 11 is 0. The number of carbonyl (C=O) groups is 1. The Kier molecular flexibility index (Phi) is 5.31. The maximum absolute atomic E-state index is 12.5. The summed E-state index contributed by atoms with van der Waals surface area (Å²) in [6.45, 7) is 4.54. The molecule has 1 aromatic carbocycles. The summed E-state index contributed by atoms with van der Waals surface area (Å²) in [5, 5.41) is 7.18. The lowest BCUT2D eigenvalue weighted by Gasteiger charge is -2.09. The zero-order chi connectivity index (χ0) is 18.7. The summed E-state index contributed by atoms with van der Waals surface area (Å²) < 4.78 is 28.2. The largest absolute Gasteiger partial charge is 0.321 e. The first kappa shape index (κ1) is 18.4. The Bertz CT molecular complexity index is 901. The van der Waals surface area contributed by atoms with Crippen LogP contribution >= 0.6 is 0 Å². The predicted octanol–water partition coefficient (Wildman–Crippen LogP) is 3.18. The van der Waals surface area contributed by atoms with Gasteiger partial charge in [0.1, 0.15) is 0 Å². The summed E-state index contributed by atoms with van der Waals surface area (Å²) in [7, 11) is -3.37. The molecule has 3 rings (SSSR count). The molecule has 2 N–H and O–H groups in total. The molecule has 1 aromatic heterocycles. The third-order valence-corrected chi connectivity index (χ3v) is 5.70. The molecule has 8 heteroatoms. The number of sulfonamides is 1. The Morgan fingerprint density at radius 1 is 1.23 bits per heavy atom. The van der Waals surface area contributed by atoms with E-state index in [1.807, 2.05) is 17.7 Å². The van der Waals surface area contributed by atoms with Crippen LogP contribution in [-0.2, 0) is 16.6 Å². The second-order valence-corrected chi connectivity index (χ2v) is 8.34. The van der Waals surface area contributed by atoms with Crippen molar-refractivity contribution in [1.82, 2.24) is 9.78 Å². The molecule has 1 fully saturated rings. The van der Waals surface area contributed by atoms with E-state index in [9.17, 15) is 13.2 Å². The van der Waals surface area contributed by atoms with Crippen LogP contribution in [0.1, 0.15) is 55.2 Å². The summed E-state index contributed by atoms with van der Waals surface area (Å²) in [4.78, 5) is 12.5. The van der Waals surface area contributed by atoms with Gasteiger partial charge in [-0.15, -0.1) is 0 Å². The molecule has 0 radical (unpaired) electrons. The molecule has 2 aromatic rings. The van der Waals surface area contributed by atoms with Crippen molar-refractivity contribution in [3.05, 3.63) is 41.7 Å². The molecule has 1 aliphatic carbocycles. The standard InChI is InChI=1S/C18H24N4O3S/c1-3-10-26(24,25)21-15-7-5-6-14(11-15)19-18(23)16-12-17(13-8-9-13)22(4-2)20-16/h5-7,11-13,21H,3-4,8-10H2,1-2H3,(H,19,23). The van der Waals surface area contributed by atoms with E-state index in [0.29, 0.717) is 29.4 Å². The monoisotopic (exact) mass is 376 g/mol. The SMILES string of the molecule is CCCS(=O)(=O)Nc1cccc(NC(=O)c2cc(C3CC3)n(CC)n2)c1. The van der Waals surface area contributed by atoms with Crippen molar-refractivity contribution in [3.63, 3.8) is 0 Å². The lowest BCUT2D eigenvalue weighted by Crippen LogP contribution is -2.17. The number of nitrogens with zero attached hydrogens (tertiary/aromatic N) is 2. The number of nitrogens with one attached hydrogen (secondary N) is 2. The van der Waals surface area contributed by atoms with Crippen LogP contribution in [0.5, 0.6) is 0 Å². The molecular formula is C18H24N4O3S. The number of hydrogen-bond donors (Lipinski definition) is 2. The molecule has 0 saturated heterocycles. The minimum Gasteiger partial charge on any atom is -0.321 e. The van der Waals surface area contributed by atoms with Crippen LogP contribution in [0.4, 0.5) is 11.4 Å². The molecule has 0 unspecified atom stereocenters. The van der Waals surface area contributed by atoms with Crippen LogP contribution in [0, 0.1) is 0 Å². The van der Waals surface area contributed by atoms with Crippen molar-refractivity contribution >= 4 is 27.3 Å². The average molecular weight is 376 g/mol. The van der Waals surface area contributed by atoms with E-state index in [1.54, 1.807) is 31.2 Å². The van der Waals surface area contributed by atoms with Crippen molar-refractivity contribution in [3.8, 4) is 0 Å². The minimum atomic E-state index is -3.37. The molecule has 140 valence electrons. The van der Waals surface area contributed by atoms with Crippen LogP contribution in [0.3, 0.4) is 0 Å². The van der Waals surface area contributed by atoms with E-state index in [1.165, 1.54) is 0 Å². The first-order valence-electron chi connectivity index (χ1n) is 8.91. The molecule has 1 aliphatic rings. The van der Waals surface area contributed by atoms with Gasteiger partial charge in [-0.25, -0.2) is 8.42 Å². The molecule has 26 heavy (non-hydrogen) atoms. The number of amides is 1. The van der Waals surface area contributed by atoms with Gasteiger partial charge in [0.15, 0.2) is 5.69 Å². The number of anilines is 2. The normalized spacial score (nSPS) is 14.2. The molecule has 7 nitrogen and oxygen atoms in total. The first-order chi connectivity index (χ1) is 12.4. The van der Waals surface area contributed by atoms with Crippen molar-refractivity contribution < 1.29 is 13.2 Å². The van der Waals surface area contributed by atoms with Crippen molar-refractivity contribution in [1.29, 1.82) is 0 Å². The summed E-state index contributed by atoms with van der Waals surface area (Å²) in [5.41, 5.74) is 2.43. The van der Waals surface area contributed by atoms with Crippen molar-refractivity contribution in [2.75, 3.05) is 15.8 Å². The number of carbonyl (C=O) groups excluding carboxylic acids is 1. The van der Waals surface area contributed by atoms with Gasteiger partial charge in [0.25, 0.3) is 5.91 Å². The highest BCUT2D eigenvalue weighted by Gasteiger charge is 2.28. The summed E-state index contributed by atoms with van der Waals surface area (Å²) in [5.74, 6) is 0.273. The highest BCUT2D eigenvalue weighted by Crippen LogP contribution is 2.40. The highest BCUT2D eigenvalue weighted by atomic mass is 32.2. The fraction of sp³-hybridized carbons (Fsp3) is 0.444. The lowest BCUT2D eigenvalue weighted by atomic mass is 10.2. The third kappa shape index (κ3) is 4.43. The van der Waals surface area contributed by atoms with E-state index in [2.05, 4.69) is 15.1 Å². The van der Waals surface area contributed by atoms with Gasteiger partial charge in [0, 0.05) is 23.8 Å². The average Bonchev–Trinajstić information content (AvgIpc) is 3.33. The van der Waals surface area contributed by atoms with Crippen molar-refractivity contribution in [2.45, 2.75) is 45.6 Å². The van der Waals surface area contributed by atoms with Gasteiger partial charge in [-0.1, -0.05) is 13.0 Å². The maximum Gasteiger partial charge on any atom is 0.276 e. The van der Waals surface area contributed by atoms with Gasteiger partial charge < -0.3 is 5.32 Å².